The molecule has 8 rings (SSSR count). The highest BCUT2D eigenvalue weighted by Gasteiger charge is 2.17. The molecule has 0 amide bonds. The standard InChI is InChI=1S/C14H24N2.C12H20N2.2C10H16N2.C9H14N2.2C8H12N2.C7H10N2/c1-5-9-10(6-2)14(16)12(8-4)11(7-3)13(9)15;1-7(2)10-5-9(13)6-11(8(3)4)12(10)14;1-5-6(2)10(12)8(4)7(3)9(5)11;1-3-7-5-9(11)6-8(4-2)10(7)12;1-6(2)8-5-7(10)3-4-9(8)11;1-5-3-7(9)4-6(2)8(5)10;1-2-6-5-7(9)3-4-8(6)10;1-5-4-6(8)2-3-7(5)9/h5-8,15-16H2,1-4H3;5-8H,13-14H2,1-4H3;11-12H2,1-4H3;5-6H,3-4,11-12H2,1-2H3;3-6H,10-11H2,1-2H3;3-4H,9-10H2,1-2H3;3-5H,2,9-10H2,1H3;2-4H,8-9H2,1H3. The Kier molecular flexibility index (Phi) is 34.4. The van der Waals surface area contributed by atoms with Crippen molar-refractivity contribution >= 4 is 91.0 Å². The summed E-state index contributed by atoms with van der Waals surface area (Å²) in [6.07, 6.45) is 6.71. The molecule has 94 heavy (non-hydrogen) atoms. The van der Waals surface area contributed by atoms with Gasteiger partial charge in [-0.1, -0.05) is 90.0 Å². The van der Waals surface area contributed by atoms with Crippen LogP contribution in [0.3, 0.4) is 0 Å². The van der Waals surface area contributed by atoms with Gasteiger partial charge < -0.3 is 91.7 Å². The van der Waals surface area contributed by atoms with Gasteiger partial charge in [0.1, 0.15) is 0 Å². The van der Waals surface area contributed by atoms with E-state index in [4.69, 9.17) is 91.7 Å². The van der Waals surface area contributed by atoms with Gasteiger partial charge in [-0.15, -0.1) is 0 Å². The minimum absolute atomic E-state index is 0.427. The van der Waals surface area contributed by atoms with Crippen molar-refractivity contribution in [2.24, 2.45) is 0 Å². The molecule has 0 fully saturated rings. The van der Waals surface area contributed by atoms with Gasteiger partial charge in [0.15, 0.2) is 0 Å². The van der Waals surface area contributed by atoms with E-state index in [1.54, 1.807) is 6.07 Å². The molecule has 516 valence electrons. The summed E-state index contributed by atoms with van der Waals surface area (Å²) in [7, 11) is 0. The van der Waals surface area contributed by atoms with Crippen LogP contribution in [0.2, 0.25) is 0 Å². The number of benzene rings is 8. The summed E-state index contributed by atoms with van der Waals surface area (Å²) in [6.45, 7) is 41.5. The maximum atomic E-state index is 6.27. The van der Waals surface area contributed by atoms with E-state index in [0.717, 1.165) is 208 Å². The minimum atomic E-state index is 0.427. The number of hydrogen-bond acceptors (Lipinski definition) is 16. The Morgan fingerprint density at radius 1 is 0.234 bits per heavy atom. The maximum Gasteiger partial charge on any atom is 0.0385 e. The number of nitrogen functional groups attached to an aromatic ring is 16. The van der Waals surface area contributed by atoms with E-state index < -0.39 is 0 Å². The average Bonchev–Trinajstić information content (AvgIpc) is 0.797. The molecule has 32 N–H and O–H groups in total. The van der Waals surface area contributed by atoms with Gasteiger partial charge in [0.2, 0.25) is 0 Å². The lowest BCUT2D eigenvalue weighted by atomic mass is 9.89. The number of rotatable bonds is 10. The van der Waals surface area contributed by atoms with Crippen LogP contribution in [0.15, 0.2) is 91.0 Å². The SMILES string of the molecule is CC(C)c1cc(N)cc(C(C)C)c1N.CC(C)c1cc(N)ccc1N.CCc1c(N)c(CC)c(CC)c(N)c1CC.CCc1cc(N)cc(CC)c1N.CCc1cc(N)ccc1N.Cc1c(C)c(N)c(C)c(C)c1N.Cc1cc(N)cc(C)c1N.Cc1cc(N)ccc1N. The number of aryl methyl sites for hydroxylation is 6. The Morgan fingerprint density at radius 3 is 0.809 bits per heavy atom. The van der Waals surface area contributed by atoms with Crippen molar-refractivity contribution in [2.45, 2.75) is 201 Å². The molecule has 0 bridgehead atoms. The molecule has 0 unspecified atom stereocenters. The third kappa shape index (κ3) is 23.9. The monoisotopic (exact) mass is 1290 g/mol. The van der Waals surface area contributed by atoms with Crippen LogP contribution in [0, 0.1) is 48.5 Å². The van der Waals surface area contributed by atoms with Crippen molar-refractivity contribution < 1.29 is 0 Å². The summed E-state index contributed by atoms with van der Waals surface area (Å²) < 4.78 is 0. The largest absolute Gasteiger partial charge is 0.399 e. The fourth-order valence-electron chi connectivity index (χ4n) is 10.8. The fraction of sp³-hybridized carbons (Fsp3) is 0.385. The first-order chi connectivity index (χ1) is 43.8. The molecule has 0 saturated carbocycles. The highest BCUT2D eigenvalue weighted by molar-refractivity contribution is 5.73. The van der Waals surface area contributed by atoms with Crippen molar-refractivity contribution in [3.63, 3.8) is 0 Å². The minimum Gasteiger partial charge on any atom is -0.399 e. The van der Waals surface area contributed by atoms with Crippen LogP contribution in [-0.2, 0) is 44.9 Å². The molecule has 0 saturated heterocycles. The van der Waals surface area contributed by atoms with Crippen LogP contribution in [0.4, 0.5) is 91.0 Å². The molecule has 0 aliphatic rings. The topological polar surface area (TPSA) is 416 Å². The van der Waals surface area contributed by atoms with Gasteiger partial charge in [-0.3, -0.25) is 0 Å². The second-order valence-electron chi connectivity index (χ2n) is 24.9. The van der Waals surface area contributed by atoms with E-state index in [1.165, 1.54) is 22.3 Å². The predicted octanol–water partition coefficient (Wildman–Crippen LogP) is 16.3. The van der Waals surface area contributed by atoms with E-state index in [1.807, 2.05) is 133 Å². The van der Waals surface area contributed by atoms with Crippen molar-refractivity contribution in [3.8, 4) is 0 Å². The van der Waals surface area contributed by atoms with E-state index in [-0.39, 0.29) is 0 Å². The molecule has 0 aliphatic carbocycles. The molecule has 0 aromatic heterocycles. The first-order valence-electron chi connectivity index (χ1n) is 33.1. The second-order valence-corrected chi connectivity index (χ2v) is 24.9. The molecular formula is C78H124N16. The van der Waals surface area contributed by atoms with Crippen LogP contribution >= 0.6 is 0 Å². The Balaban J connectivity index is 0.000000540. The molecule has 8 aromatic carbocycles. The van der Waals surface area contributed by atoms with Gasteiger partial charge >= 0.3 is 0 Å². The molecule has 0 atom stereocenters. The van der Waals surface area contributed by atoms with Crippen molar-refractivity contribution in [3.05, 3.63) is 186 Å². The highest BCUT2D eigenvalue weighted by atomic mass is 14.7. The lowest BCUT2D eigenvalue weighted by Crippen LogP contribution is -2.11. The zero-order chi connectivity index (χ0) is 72.3. The van der Waals surface area contributed by atoms with Crippen LogP contribution in [0.1, 0.15) is 202 Å². The number of anilines is 16. The van der Waals surface area contributed by atoms with Crippen molar-refractivity contribution in [1.82, 2.24) is 0 Å². The van der Waals surface area contributed by atoms with Gasteiger partial charge in [0.25, 0.3) is 0 Å². The average molecular weight is 1290 g/mol. The van der Waals surface area contributed by atoms with Crippen molar-refractivity contribution in [2.75, 3.05) is 91.7 Å². The Bertz CT molecular complexity index is 3460. The second kappa shape index (κ2) is 39.2. The summed E-state index contributed by atoms with van der Waals surface area (Å²) in [5, 5.41) is 0. The van der Waals surface area contributed by atoms with Gasteiger partial charge in [-0.05, 0) is 297 Å². The van der Waals surface area contributed by atoms with E-state index >= 15 is 0 Å². The maximum absolute atomic E-state index is 6.27. The zero-order valence-electron chi connectivity index (χ0n) is 61.1. The Morgan fingerprint density at radius 2 is 0.511 bits per heavy atom. The number of hydrogen-bond donors (Lipinski definition) is 16. The highest BCUT2D eigenvalue weighted by Crippen LogP contribution is 2.36. The van der Waals surface area contributed by atoms with Gasteiger partial charge in [-0.2, -0.15) is 0 Å². The molecule has 16 heteroatoms. The van der Waals surface area contributed by atoms with Crippen LogP contribution in [0.5, 0.6) is 0 Å². The van der Waals surface area contributed by atoms with Crippen molar-refractivity contribution in [1.29, 1.82) is 0 Å². The number of nitrogens with two attached hydrogens (primary N) is 16. The van der Waals surface area contributed by atoms with Gasteiger partial charge in [0, 0.05) is 91.0 Å². The quantitative estimate of drug-likeness (QED) is 0.0566. The normalized spacial score (nSPS) is 10.3. The molecule has 0 radical (unpaired) electrons. The first kappa shape index (κ1) is 82.6. The zero-order valence-corrected chi connectivity index (χ0v) is 61.1. The molecule has 0 spiro atoms. The smallest absolute Gasteiger partial charge is 0.0385 e. The third-order valence-corrected chi connectivity index (χ3v) is 17.0. The van der Waals surface area contributed by atoms with Crippen LogP contribution in [-0.4, -0.2) is 0 Å². The first-order valence-corrected chi connectivity index (χ1v) is 33.1. The molecule has 0 heterocycles. The summed E-state index contributed by atoms with van der Waals surface area (Å²) >= 11 is 0. The van der Waals surface area contributed by atoms with E-state index in [2.05, 4.69) is 90.0 Å². The van der Waals surface area contributed by atoms with Gasteiger partial charge in [-0.25, -0.2) is 0 Å². The summed E-state index contributed by atoms with van der Waals surface area (Å²) in [4.78, 5) is 0. The Labute approximate surface area is 566 Å². The fourth-order valence-corrected chi connectivity index (χ4v) is 10.8. The summed E-state index contributed by atoms with van der Waals surface area (Å²) in [6, 6.07) is 28.2. The lowest BCUT2D eigenvalue weighted by molar-refractivity contribution is 0.841. The summed E-state index contributed by atoms with van der Waals surface area (Å²) in [5.41, 5.74) is 126. The molecule has 16 nitrogen and oxygen atoms in total. The predicted molar refractivity (Wildman–Crippen MR) is 423 cm³/mol. The lowest BCUT2D eigenvalue weighted by Gasteiger charge is -2.21. The van der Waals surface area contributed by atoms with Gasteiger partial charge in [0.05, 0.1) is 0 Å². The summed E-state index contributed by atoms with van der Waals surface area (Å²) in [5.74, 6) is 1.30. The van der Waals surface area contributed by atoms with Crippen LogP contribution in [0.25, 0.3) is 0 Å². The molecular weight excluding hydrogens is 1160 g/mol. The van der Waals surface area contributed by atoms with Crippen LogP contribution < -0.4 is 91.7 Å². The van der Waals surface area contributed by atoms with E-state index in [9.17, 15) is 0 Å². The third-order valence-electron chi connectivity index (χ3n) is 17.0. The van der Waals surface area contributed by atoms with E-state index in [0.29, 0.717) is 17.8 Å². The molecule has 0 aliphatic heterocycles. The Hall–Kier alpha value is -9.44. The molecule has 8 aromatic rings.